The van der Waals surface area contributed by atoms with Crippen molar-refractivity contribution in [2.75, 3.05) is 13.7 Å². The van der Waals surface area contributed by atoms with Crippen molar-refractivity contribution in [2.24, 2.45) is 4.99 Å². The predicted octanol–water partition coefficient (Wildman–Crippen LogP) is 10.9. The van der Waals surface area contributed by atoms with Gasteiger partial charge in [-0.15, -0.1) is 0 Å². The van der Waals surface area contributed by atoms with E-state index in [1.54, 1.807) is 37.6 Å². The van der Waals surface area contributed by atoms with Gasteiger partial charge in [0.2, 0.25) is 0 Å². The minimum absolute atomic E-state index is 0.354. The number of fused-ring (bicyclic) bond motifs is 1. The van der Waals surface area contributed by atoms with Crippen molar-refractivity contribution < 1.29 is 19.0 Å². The molecule has 0 saturated carbocycles. The van der Waals surface area contributed by atoms with Crippen molar-refractivity contribution in [1.82, 2.24) is 0 Å². The first-order chi connectivity index (χ1) is 21.7. The van der Waals surface area contributed by atoms with Crippen molar-refractivity contribution in [3.05, 3.63) is 96.1 Å². The van der Waals surface area contributed by atoms with Crippen LogP contribution in [0.2, 0.25) is 0 Å². The fourth-order valence-electron chi connectivity index (χ4n) is 5.23. The Labute approximate surface area is 263 Å². The van der Waals surface area contributed by atoms with E-state index < -0.39 is 5.97 Å². The summed E-state index contributed by atoms with van der Waals surface area (Å²) in [6.45, 7) is 2.96. The molecule has 4 aromatic rings. The van der Waals surface area contributed by atoms with Gasteiger partial charge < -0.3 is 14.2 Å². The third-order valence-corrected chi connectivity index (χ3v) is 7.84. The second-order valence-corrected chi connectivity index (χ2v) is 11.4. The van der Waals surface area contributed by atoms with Crippen LogP contribution in [0.15, 0.2) is 89.9 Å². The third kappa shape index (κ3) is 10.9. The molecule has 5 heteroatoms. The summed E-state index contributed by atoms with van der Waals surface area (Å²) >= 11 is 0. The van der Waals surface area contributed by atoms with E-state index in [0.29, 0.717) is 23.7 Å². The highest BCUT2D eigenvalue weighted by Gasteiger charge is 2.13. The minimum Gasteiger partial charge on any atom is -0.494 e. The van der Waals surface area contributed by atoms with Gasteiger partial charge in [0.1, 0.15) is 5.75 Å². The number of aliphatic imine (C=N–C) groups is 1. The molecule has 5 nitrogen and oxygen atoms in total. The van der Waals surface area contributed by atoms with Crippen molar-refractivity contribution in [2.45, 2.75) is 84.0 Å². The molecule has 0 aliphatic rings. The summed E-state index contributed by atoms with van der Waals surface area (Å²) in [5.41, 5.74) is 2.15. The number of carbonyl (C=O) groups is 1. The Balaban J connectivity index is 1.17. The number of ether oxygens (including phenoxy) is 3. The summed E-state index contributed by atoms with van der Waals surface area (Å²) in [5.74, 6) is 1.13. The van der Waals surface area contributed by atoms with Gasteiger partial charge in [-0.1, -0.05) is 108 Å². The highest BCUT2D eigenvalue weighted by Crippen LogP contribution is 2.29. The van der Waals surface area contributed by atoms with Crippen LogP contribution in [0.4, 0.5) is 5.69 Å². The highest BCUT2D eigenvalue weighted by atomic mass is 16.6. The number of benzene rings is 4. The fourth-order valence-corrected chi connectivity index (χ4v) is 5.23. The number of nitrogens with zero attached hydrogens (tertiary/aromatic N) is 1. The molecule has 0 atom stereocenters. The molecule has 0 amide bonds. The van der Waals surface area contributed by atoms with Crippen LogP contribution in [0.25, 0.3) is 10.8 Å². The lowest BCUT2D eigenvalue weighted by Gasteiger charge is -2.11. The van der Waals surface area contributed by atoms with Crippen LogP contribution >= 0.6 is 0 Å². The molecule has 0 radical (unpaired) electrons. The van der Waals surface area contributed by atoms with Crippen LogP contribution in [0.5, 0.6) is 17.2 Å². The molecule has 0 heterocycles. The number of unbranched alkanes of at least 4 members (excludes halogenated alkanes) is 11. The van der Waals surface area contributed by atoms with Gasteiger partial charge in [-0.05, 0) is 77.4 Å². The van der Waals surface area contributed by atoms with Gasteiger partial charge in [0, 0.05) is 6.21 Å². The van der Waals surface area contributed by atoms with E-state index in [1.807, 2.05) is 36.4 Å². The number of hydrogen-bond acceptors (Lipinski definition) is 5. The second kappa shape index (κ2) is 18.5. The van der Waals surface area contributed by atoms with Gasteiger partial charge >= 0.3 is 5.97 Å². The summed E-state index contributed by atoms with van der Waals surface area (Å²) < 4.78 is 17.1. The lowest BCUT2D eigenvalue weighted by molar-refractivity contribution is 0.0729. The zero-order valence-corrected chi connectivity index (χ0v) is 26.4. The normalized spacial score (nSPS) is 11.2. The monoisotopic (exact) mass is 593 g/mol. The molecule has 0 aliphatic heterocycles. The molecular weight excluding hydrogens is 546 g/mol. The lowest BCUT2D eigenvalue weighted by atomic mass is 10.1. The van der Waals surface area contributed by atoms with Crippen molar-refractivity contribution in [3.63, 3.8) is 0 Å². The van der Waals surface area contributed by atoms with Crippen molar-refractivity contribution >= 4 is 28.6 Å². The molecule has 44 heavy (non-hydrogen) atoms. The van der Waals surface area contributed by atoms with Crippen LogP contribution in [-0.2, 0) is 0 Å². The standard InChI is InChI=1S/C39H47NO4/c1-3-4-5-6-7-8-9-10-11-12-13-16-27-43-36-24-21-33(22-25-36)39(41)44-37-26-19-31(28-38(37)42-2)30-40-35-23-20-32-17-14-15-18-34(32)29-35/h14-15,17-26,28-30H,3-13,16,27H2,1-2H3. The van der Waals surface area contributed by atoms with Gasteiger partial charge in [0.05, 0.1) is 25.0 Å². The Morgan fingerprint density at radius 2 is 1.34 bits per heavy atom. The molecule has 0 fully saturated rings. The van der Waals surface area contributed by atoms with Gasteiger partial charge in [-0.2, -0.15) is 0 Å². The molecule has 0 N–H and O–H groups in total. The highest BCUT2D eigenvalue weighted by molar-refractivity contribution is 5.92. The van der Waals surface area contributed by atoms with Crippen LogP contribution in [0, 0.1) is 0 Å². The van der Waals surface area contributed by atoms with Crippen LogP contribution in [-0.4, -0.2) is 25.9 Å². The summed E-state index contributed by atoms with van der Waals surface area (Å²) in [6, 6.07) is 26.8. The number of carbonyl (C=O) groups excluding carboxylic acids is 1. The minimum atomic E-state index is -0.451. The first kappa shape index (κ1) is 32.8. The SMILES string of the molecule is CCCCCCCCCCCCCCOc1ccc(C(=O)Oc2ccc(C=Nc3ccc4ccccc4c3)cc2OC)cc1. The molecule has 0 spiro atoms. The van der Waals surface area contributed by atoms with Crippen LogP contribution in [0.3, 0.4) is 0 Å². The van der Waals surface area contributed by atoms with E-state index in [0.717, 1.165) is 28.8 Å². The molecular formula is C39H47NO4. The molecule has 0 aliphatic carbocycles. The molecule has 4 rings (SSSR count). The first-order valence-electron chi connectivity index (χ1n) is 16.3. The van der Waals surface area contributed by atoms with E-state index >= 15 is 0 Å². The summed E-state index contributed by atoms with van der Waals surface area (Å²) in [4.78, 5) is 17.4. The quantitative estimate of drug-likeness (QED) is 0.0470. The Morgan fingerprint density at radius 3 is 2.02 bits per heavy atom. The molecule has 4 aromatic carbocycles. The smallest absolute Gasteiger partial charge is 0.343 e. The summed E-state index contributed by atoms with van der Waals surface area (Å²) in [5, 5.41) is 2.32. The average Bonchev–Trinajstić information content (AvgIpc) is 3.06. The topological polar surface area (TPSA) is 57.1 Å². The van der Waals surface area contributed by atoms with Crippen LogP contribution < -0.4 is 14.2 Å². The van der Waals surface area contributed by atoms with Gasteiger partial charge in [0.15, 0.2) is 11.5 Å². The Kier molecular flexibility index (Phi) is 13.8. The van der Waals surface area contributed by atoms with E-state index in [2.05, 4.69) is 36.2 Å². The van der Waals surface area contributed by atoms with Crippen molar-refractivity contribution in [1.29, 1.82) is 0 Å². The molecule has 0 unspecified atom stereocenters. The Hall–Kier alpha value is -4.12. The summed E-state index contributed by atoms with van der Waals surface area (Å²) in [6.07, 6.45) is 17.6. The zero-order chi connectivity index (χ0) is 30.8. The van der Waals surface area contributed by atoms with Gasteiger partial charge in [-0.3, -0.25) is 4.99 Å². The van der Waals surface area contributed by atoms with Gasteiger partial charge in [0.25, 0.3) is 0 Å². The maximum absolute atomic E-state index is 12.8. The van der Waals surface area contributed by atoms with Gasteiger partial charge in [-0.25, -0.2) is 4.79 Å². The van der Waals surface area contributed by atoms with Crippen molar-refractivity contribution in [3.8, 4) is 17.2 Å². The molecule has 232 valence electrons. The first-order valence-corrected chi connectivity index (χ1v) is 16.3. The number of esters is 1. The van der Waals surface area contributed by atoms with E-state index in [1.165, 1.54) is 76.0 Å². The van der Waals surface area contributed by atoms with E-state index in [9.17, 15) is 4.79 Å². The number of hydrogen-bond donors (Lipinski definition) is 0. The fraction of sp³-hybridized carbons (Fsp3) is 0.385. The average molecular weight is 594 g/mol. The van der Waals surface area contributed by atoms with Crippen LogP contribution in [0.1, 0.15) is 99.9 Å². The predicted molar refractivity (Wildman–Crippen MR) is 182 cm³/mol. The maximum atomic E-state index is 12.8. The molecule has 0 aromatic heterocycles. The third-order valence-electron chi connectivity index (χ3n) is 7.84. The number of methoxy groups -OCH3 is 1. The molecule has 0 bridgehead atoms. The van der Waals surface area contributed by atoms with E-state index in [4.69, 9.17) is 14.2 Å². The zero-order valence-electron chi connectivity index (χ0n) is 26.4. The largest absolute Gasteiger partial charge is 0.494 e. The maximum Gasteiger partial charge on any atom is 0.343 e. The lowest BCUT2D eigenvalue weighted by Crippen LogP contribution is -2.09. The molecule has 0 saturated heterocycles. The Bertz CT molecular complexity index is 1460. The van der Waals surface area contributed by atoms with E-state index in [-0.39, 0.29) is 0 Å². The Morgan fingerprint density at radius 1 is 0.682 bits per heavy atom. The second-order valence-electron chi connectivity index (χ2n) is 11.4. The summed E-state index contributed by atoms with van der Waals surface area (Å²) in [7, 11) is 1.56. The number of rotatable bonds is 19.